The largest absolute Gasteiger partial charge is 0.611 e. The van der Waals surface area contributed by atoms with Crippen molar-refractivity contribution in [2.45, 2.75) is 29.4 Å². The second-order valence-electron chi connectivity index (χ2n) is 9.69. The first-order chi connectivity index (χ1) is 18.0. The summed E-state index contributed by atoms with van der Waals surface area (Å²) >= 11 is -1.81. The number of piperidine rings is 1. The Kier molecular flexibility index (Phi) is 7.82. The highest BCUT2D eigenvalue weighted by Gasteiger charge is 2.41. The number of likely N-dealkylation sites (tertiary alicyclic amines) is 1. The van der Waals surface area contributed by atoms with Crippen molar-refractivity contribution in [3.05, 3.63) is 89.5 Å². The normalized spacial score (nSPS) is 18.9. The fourth-order valence-electron chi connectivity index (χ4n) is 5.55. The number of fused-ring (bicyclic) bond motifs is 5. The van der Waals surface area contributed by atoms with Crippen LogP contribution in [0.15, 0.2) is 71.6 Å². The summed E-state index contributed by atoms with van der Waals surface area (Å²) in [4.78, 5) is 2.43. The topological polar surface area (TPSA) is 55.8 Å². The maximum Gasteiger partial charge on any atom is 0.197 e. The minimum Gasteiger partial charge on any atom is -0.611 e. The van der Waals surface area contributed by atoms with Gasteiger partial charge in [-0.1, -0.05) is 24.6 Å². The van der Waals surface area contributed by atoms with Crippen LogP contribution in [0.2, 0.25) is 0 Å². The van der Waals surface area contributed by atoms with Gasteiger partial charge in [-0.25, -0.2) is 8.78 Å². The number of rotatable bonds is 5. The molecule has 0 saturated carbocycles. The Morgan fingerprint density at radius 1 is 0.921 bits per heavy atom. The smallest absolute Gasteiger partial charge is 0.197 e. The molecule has 4 aromatic rings. The maximum absolute atomic E-state index is 15.0. The van der Waals surface area contributed by atoms with Crippen LogP contribution in [0.4, 0.5) is 8.78 Å². The van der Waals surface area contributed by atoms with Gasteiger partial charge in [-0.2, -0.15) is 0 Å². The van der Waals surface area contributed by atoms with Gasteiger partial charge in [-0.3, -0.25) is 4.90 Å². The number of ether oxygens (including phenoxy) is 1. The number of hydrogen-bond acceptors (Lipinski definition) is 4. The molecule has 2 aliphatic rings. The molecule has 2 atom stereocenters. The van der Waals surface area contributed by atoms with Crippen molar-refractivity contribution >= 4 is 34.4 Å². The Balaban J connectivity index is 0.00000294. The molecule has 38 heavy (non-hydrogen) atoms. The molecular weight excluding hydrogens is 528 g/mol. The Labute approximate surface area is 229 Å². The maximum atomic E-state index is 15.0. The lowest BCUT2D eigenvalue weighted by Crippen LogP contribution is -2.33. The number of halogens is 3. The monoisotopic (exact) mass is 555 g/mol. The van der Waals surface area contributed by atoms with Crippen LogP contribution < -0.4 is 4.74 Å². The molecule has 0 aromatic heterocycles. The molecular formula is C30H28ClF2NO3S. The van der Waals surface area contributed by atoms with Gasteiger partial charge in [0.2, 0.25) is 0 Å². The fraction of sp³-hybridized carbons (Fsp3) is 0.267. The van der Waals surface area contributed by atoms with E-state index in [1.54, 1.807) is 24.3 Å². The Morgan fingerprint density at radius 3 is 2.45 bits per heavy atom. The molecule has 0 spiro atoms. The van der Waals surface area contributed by atoms with E-state index in [0.29, 0.717) is 17.7 Å². The van der Waals surface area contributed by atoms with E-state index in [4.69, 9.17) is 4.74 Å². The van der Waals surface area contributed by atoms with Crippen LogP contribution in [0.3, 0.4) is 0 Å². The summed E-state index contributed by atoms with van der Waals surface area (Å²) in [7, 11) is 0. The van der Waals surface area contributed by atoms with Crippen LogP contribution in [0, 0.1) is 11.6 Å². The SMILES string of the molecule is Cl.[O-][S+]1c2c(F)cc(F)cc2-c2ccc3cc(O)ccc3c2C1c1ccc(OCCN2CCCCC2)cc1. The summed E-state index contributed by atoms with van der Waals surface area (Å²) in [5, 5.41) is 10.9. The second kappa shape index (κ2) is 11.1. The molecule has 0 aliphatic carbocycles. The van der Waals surface area contributed by atoms with Gasteiger partial charge in [0.05, 0.1) is 0 Å². The number of aromatic hydroxyl groups is 1. The molecule has 0 bridgehead atoms. The van der Waals surface area contributed by atoms with E-state index < -0.39 is 28.1 Å². The molecule has 2 unspecified atom stereocenters. The molecule has 4 aromatic carbocycles. The van der Waals surface area contributed by atoms with Crippen LogP contribution in [0.25, 0.3) is 21.9 Å². The van der Waals surface area contributed by atoms with E-state index in [1.165, 1.54) is 25.3 Å². The zero-order valence-corrected chi connectivity index (χ0v) is 22.3. The number of benzene rings is 4. The molecule has 2 aliphatic heterocycles. The molecule has 8 heteroatoms. The molecule has 1 fully saturated rings. The van der Waals surface area contributed by atoms with Crippen molar-refractivity contribution in [1.82, 2.24) is 4.90 Å². The predicted octanol–water partition coefficient (Wildman–Crippen LogP) is 6.99. The average Bonchev–Trinajstić information content (AvgIpc) is 2.89. The third kappa shape index (κ3) is 4.96. The van der Waals surface area contributed by atoms with Gasteiger partial charge in [-0.15, -0.1) is 12.4 Å². The van der Waals surface area contributed by atoms with Gasteiger partial charge in [0.25, 0.3) is 0 Å². The minimum absolute atomic E-state index is 0. The van der Waals surface area contributed by atoms with Crippen molar-refractivity contribution in [3.8, 4) is 22.6 Å². The first-order valence-electron chi connectivity index (χ1n) is 12.6. The van der Waals surface area contributed by atoms with E-state index in [9.17, 15) is 18.4 Å². The van der Waals surface area contributed by atoms with Crippen LogP contribution in [0.5, 0.6) is 11.5 Å². The van der Waals surface area contributed by atoms with Gasteiger partial charge in [-0.05, 0) is 84.7 Å². The van der Waals surface area contributed by atoms with Crippen molar-refractivity contribution in [2.75, 3.05) is 26.2 Å². The molecule has 0 amide bonds. The summed E-state index contributed by atoms with van der Waals surface area (Å²) in [5.41, 5.74) is 2.41. The quantitative estimate of drug-likeness (QED) is 0.270. The van der Waals surface area contributed by atoms with E-state index >= 15 is 0 Å². The molecule has 2 heterocycles. The Hall–Kier alpha value is -2.84. The predicted molar refractivity (Wildman–Crippen MR) is 149 cm³/mol. The zero-order chi connectivity index (χ0) is 25.5. The fourth-order valence-corrected chi connectivity index (χ4v) is 7.30. The first kappa shape index (κ1) is 26.8. The van der Waals surface area contributed by atoms with E-state index in [2.05, 4.69) is 4.90 Å². The molecule has 0 radical (unpaired) electrons. The lowest BCUT2D eigenvalue weighted by molar-refractivity contribution is 0.183. The first-order valence-corrected chi connectivity index (χ1v) is 13.8. The third-order valence-corrected chi connectivity index (χ3v) is 9.08. The molecule has 1 saturated heterocycles. The van der Waals surface area contributed by atoms with Crippen molar-refractivity contribution < 1.29 is 23.2 Å². The highest BCUT2D eigenvalue weighted by Crippen LogP contribution is 2.51. The minimum atomic E-state index is -1.81. The highest BCUT2D eigenvalue weighted by atomic mass is 35.5. The van der Waals surface area contributed by atoms with Crippen molar-refractivity contribution in [2.24, 2.45) is 0 Å². The molecule has 4 nitrogen and oxygen atoms in total. The molecule has 6 rings (SSSR count). The van der Waals surface area contributed by atoms with E-state index in [-0.39, 0.29) is 23.1 Å². The van der Waals surface area contributed by atoms with Crippen LogP contribution in [-0.2, 0) is 11.2 Å². The van der Waals surface area contributed by atoms with Crippen LogP contribution in [0.1, 0.15) is 35.6 Å². The van der Waals surface area contributed by atoms with Crippen LogP contribution in [-0.4, -0.2) is 40.8 Å². The standard InChI is InChI=1S/C30H27F2NO3S.ClH/c31-21-17-26-25-10-6-20-16-22(34)7-11-24(20)28(25)29(37(35)30(26)27(32)18-21)19-4-8-23(9-5-19)36-15-14-33-12-2-1-3-13-33;/h4-11,16-18,29,34H,1-3,12-15H2;1H. The average molecular weight is 556 g/mol. The highest BCUT2D eigenvalue weighted by molar-refractivity contribution is 7.92. The van der Waals surface area contributed by atoms with Gasteiger partial charge in [0, 0.05) is 40.5 Å². The summed E-state index contributed by atoms with van der Waals surface area (Å²) < 4.78 is 49.1. The van der Waals surface area contributed by atoms with Crippen molar-refractivity contribution in [1.29, 1.82) is 0 Å². The lowest BCUT2D eigenvalue weighted by atomic mass is 9.89. The molecule has 198 valence electrons. The zero-order valence-electron chi connectivity index (χ0n) is 20.7. The Bertz CT molecular complexity index is 1460. The number of phenols is 1. The third-order valence-electron chi connectivity index (χ3n) is 7.33. The van der Waals surface area contributed by atoms with Gasteiger partial charge < -0.3 is 14.4 Å². The van der Waals surface area contributed by atoms with Crippen LogP contribution >= 0.6 is 12.4 Å². The van der Waals surface area contributed by atoms with Gasteiger partial charge in [0.1, 0.15) is 23.9 Å². The summed E-state index contributed by atoms with van der Waals surface area (Å²) in [6, 6.07) is 18.1. The van der Waals surface area contributed by atoms with E-state index in [1.807, 2.05) is 30.3 Å². The number of hydrogen-bond donors (Lipinski definition) is 1. The van der Waals surface area contributed by atoms with E-state index in [0.717, 1.165) is 53.3 Å². The summed E-state index contributed by atoms with van der Waals surface area (Å²) in [6.45, 7) is 3.70. The number of nitrogens with zero attached hydrogens (tertiary/aromatic N) is 1. The summed E-state index contributed by atoms with van der Waals surface area (Å²) in [5.74, 6) is -0.689. The van der Waals surface area contributed by atoms with Crippen molar-refractivity contribution in [3.63, 3.8) is 0 Å². The van der Waals surface area contributed by atoms with Gasteiger partial charge >= 0.3 is 0 Å². The van der Waals surface area contributed by atoms with Gasteiger partial charge in [0.15, 0.2) is 16.0 Å². The molecule has 1 N–H and O–H groups in total. The summed E-state index contributed by atoms with van der Waals surface area (Å²) in [6.07, 6.45) is 3.77. The Morgan fingerprint density at radius 2 is 1.68 bits per heavy atom. The number of phenolic OH excluding ortho intramolecular Hbond substituents is 1. The second-order valence-corrected chi connectivity index (χ2v) is 11.2. The lowest BCUT2D eigenvalue weighted by Gasteiger charge is -2.31.